The van der Waals surface area contributed by atoms with E-state index in [1.165, 1.54) is 6.33 Å². The van der Waals surface area contributed by atoms with Crippen LogP contribution in [0.2, 0.25) is 5.02 Å². The number of rotatable bonds is 6. The van der Waals surface area contributed by atoms with Crippen molar-refractivity contribution in [3.8, 4) is 11.5 Å². The Morgan fingerprint density at radius 1 is 1.25 bits per heavy atom. The van der Waals surface area contributed by atoms with Gasteiger partial charge in [0, 0.05) is 23.0 Å². The Bertz CT molecular complexity index is 1170. The lowest BCUT2D eigenvalue weighted by molar-refractivity contribution is 0.252. The van der Waals surface area contributed by atoms with Gasteiger partial charge in [-0.2, -0.15) is 0 Å². The van der Waals surface area contributed by atoms with Crippen LogP contribution in [0.3, 0.4) is 0 Å². The minimum absolute atomic E-state index is 0.163. The fourth-order valence-electron chi connectivity index (χ4n) is 3.13. The Morgan fingerprint density at radius 2 is 2.14 bits per heavy atom. The number of anilines is 2. The minimum Gasteiger partial charge on any atom is -0.493 e. The van der Waals surface area contributed by atoms with Crippen molar-refractivity contribution in [1.29, 1.82) is 0 Å². The molecule has 1 saturated heterocycles. The molecular formula is C20H17ClN4O3. The molecule has 7 nitrogen and oxygen atoms in total. The van der Waals surface area contributed by atoms with Crippen LogP contribution in [0.5, 0.6) is 11.5 Å². The van der Waals surface area contributed by atoms with Crippen LogP contribution >= 0.6 is 11.6 Å². The van der Waals surface area contributed by atoms with Gasteiger partial charge in [0.05, 0.1) is 35.5 Å². The molecule has 2 N–H and O–H groups in total. The molecule has 2 aromatic carbocycles. The number of H-pyrrole nitrogens is 1. The molecule has 2 aromatic heterocycles. The monoisotopic (exact) mass is 396 g/mol. The molecule has 28 heavy (non-hydrogen) atoms. The molecule has 8 heteroatoms. The van der Waals surface area contributed by atoms with Gasteiger partial charge in [-0.05, 0) is 12.1 Å². The number of para-hydroxylation sites is 1. The Balaban J connectivity index is 1.55. The van der Waals surface area contributed by atoms with Crippen molar-refractivity contribution in [3.63, 3.8) is 0 Å². The van der Waals surface area contributed by atoms with E-state index in [0.29, 0.717) is 28.9 Å². The summed E-state index contributed by atoms with van der Waals surface area (Å²) in [5.74, 6) is 1.92. The topological polar surface area (TPSA) is 84.6 Å². The maximum Gasteiger partial charge on any atom is 0.163 e. The Labute approximate surface area is 165 Å². The zero-order valence-electron chi connectivity index (χ0n) is 15.0. The van der Waals surface area contributed by atoms with Crippen molar-refractivity contribution >= 4 is 44.9 Å². The number of nitrogens with one attached hydrogen (secondary N) is 2. The van der Waals surface area contributed by atoms with Crippen molar-refractivity contribution in [2.24, 2.45) is 0 Å². The molecule has 3 heterocycles. The van der Waals surface area contributed by atoms with Crippen LogP contribution in [-0.2, 0) is 4.74 Å². The normalized spacial score (nSPS) is 15.7. The van der Waals surface area contributed by atoms with Crippen LogP contribution in [0, 0.1) is 0 Å². The average molecular weight is 397 g/mol. The van der Waals surface area contributed by atoms with Crippen LogP contribution in [-0.4, -0.2) is 41.4 Å². The lowest BCUT2D eigenvalue weighted by atomic mass is 10.2. The van der Waals surface area contributed by atoms with Gasteiger partial charge in [-0.1, -0.05) is 23.7 Å². The van der Waals surface area contributed by atoms with E-state index in [1.54, 1.807) is 13.3 Å². The van der Waals surface area contributed by atoms with Crippen molar-refractivity contribution in [1.82, 2.24) is 15.0 Å². The first-order valence-electron chi connectivity index (χ1n) is 8.82. The first-order valence-corrected chi connectivity index (χ1v) is 9.20. The highest BCUT2D eigenvalue weighted by Gasteiger charge is 2.24. The Morgan fingerprint density at radius 3 is 2.96 bits per heavy atom. The van der Waals surface area contributed by atoms with E-state index in [1.807, 2.05) is 30.3 Å². The lowest BCUT2D eigenvalue weighted by Gasteiger charge is -2.13. The van der Waals surface area contributed by atoms with Gasteiger partial charge in [0.1, 0.15) is 24.9 Å². The zero-order chi connectivity index (χ0) is 19.1. The molecule has 1 aliphatic heterocycles. The van der Waals surface area contributed by atoms with Crippen LogP contribution < -0.4 is 14.8 Å². The number of fused-ring (bicyclic) bond motifs is 2. The van der Waals surface area contributed by atoms with Gasteiger partial charge in [-0.15, -0.1) is 0 Å². The molecule has 1 atom stereocenters. The summed E-state index contributed by atoms with van der Waals surface area (Å²) in [5, 5.41) is 5.82. The fraction of sp³-hybridized carbons (Fsp3) is 0.200. The third-order valence-electron chi connectivity index (χ3n) is 4.67. The fourth-order valence-corrected chi connectivity index (χ4v) is 3.35. The van der Waals surface area contributed by atoms with Crippen molar-refractivity contribution in [2.75, 3.05) is 25.6 Å². The second-order valence-electron chi connectivity index (χ2n) is 6.50. The standard InChI is InChI=1S/C20H17ClN4O3/c1-26-17-5-13-16(6-18(17)28-9-11-8-27-11)23-10-24-20(13)25-15-4-2-3-12-14(21)7-22-19(12)15/h2-7,10-11,22H,8-9H2,1H3,(H,23,24,25). The molecule has 5 rings (SSSR count). The SMILES string of the molecule is COc1cc2c(Nc3cccc4c(Cl)c[nH]c34)ncnc2cc1OCC1CO1. The zero-order valence-corrected chi connectivity index (χ0v) is 15.8. The molecule has 0 bridgehead atoms. The van der Waals surface area contributed by atoms with Gasteiger partial charge < -0.3 is 24.5 Å². The smallest absolute Gasteiger partial charge is 0.163 e. The number of hydrogen-bond acceptors (Lipinski definition) is 6. The summed E-state index contributed by atoms with van der Waals surface area (Å²) in [6, 6.07) is 9.61. The summed E-state index contributed by atoms with van der Waals surface area (Å²) < 4.78 is 16.5. The Hall–Kier alpha value is -3.03. The predicted molar refractivity (Wildman–Crippen MR) is 108 cm³/mol. The van der Waals surface area contributed by atoms with E-state index >= 15 is 0 Å². The predicted octanol–water partition coefficient (Wildman–Crippen LogP) is 4.29. The molecule has 142 valence electrons. The summed E-state index contributed by atoms with van der Waals surface area (Å²) in [6.07, 6.45) is 3.45. The average Bonchev–Trinajstić information content (AvgIpc) is 3.47. The van der Waals surface area contributed by atoms with E-state index < -0.39 is 0 Å². The van der Waals surface area contributed by atoms with Crippen molar-refractivity contribution in [2.45, 2.75) is 6.10 Å². The highest BCUT2D eigenvalue weighted by atomic mass is 35.5. The summed E-state index contributed by atoms with van der Waals surface area (Å²) in [6.45, 7) is 1.23. The number of epoxide rings is 1. The molecule has 0 amide bonds. The number of aromatic nitrogens is 3. The largest absolute Gasteiger partial charge is 0.493 e. The van der Waals surface area contributed by atoms with E-state index in [9.17, 15) is 0 Å². The minimum atomic E-state index is 0.163. The van der Waals surface area contributed by atoms with Gasteiger partial charge in [0.25, 0.3) is 0 Å². The lowest BCUT2D eigenvalue weighted by Crippen LogP contribution is -2.05. The highest BCUT2D eigenvalue weighted by Crippen LogP contribution is 2.36. The van der Waals surface area contributed by atoms with E-state index in [0.717, 1.165) is 34.1 Å². The van der Waals surface area contributed by atoms with Crippen molar-refractivity contribution in [3.05, 3.63) is 47.9 Å². The molecule has 1 unspecified atom stereocenters. The van der Waals surface area contributed by atoms with Gasteiger partial charge in [-0.3, -0.25) is 0 Å². The molecule has 4 aromatic rings. The first kappa shape index (κ1) is 17.1. The number of methoxy groups -OCH3 is 1. The number of ether oxygens (including phenoxy) is 3. The second kappa shape index (κ2) is 6.85. The molecule has 0 saturated carbocycles. The first-order chi connectivity index (χ1) is 13.7. The summed E-state index contributed by atoms with van der Waals surface area (Å²) in [7, 11) is 1.61. The van der Waals surface area contributed by atoms with Gasteiger partial charge in [0.2, 0.25) is 0 Å². The molecule has 0 aliphatic carbocycles. The molecule has 0 spiro atoms. The molecule has 1 fully saturated rings. The van der Waals surface area contributed by atoms with E-state index in [-0.39, 0.29) is 6.10 Å². The summed E-state index contributed by atoms with van der Waals surface area (Å²) in [5.41, 5.74) is 2.53. The third-order valence-corrected chi connectivity index (χ3v) is 4.98. The third kappa shape index (κ3) is 3.08. The van der Waals surface area contributed by atoms with E-state index in [4.69, 9.17) is 25.8 Å². The van der Waals surface area contributed by atoms with Crippen LogP contribution in [0.4, 0.5) is 11.5 Å². The quantitative estimate of drug-likeness (QED) is 0.473. The molecule has 0 radical (unpaired) electrons. The van der Waals surface area contributed by atoms with Gasteiger partial charge in [-0.25, -0.2) is 9.97 Å². The highest BCUT2D eigenvalue weighted by molar-refractivity contribution is 6.36. The van der Waals surface area contributed by atoms with Crippen LogP contribution in [0.15, 0.2) is 42.9 Å². The molecular weight excluding hydrogens is 380 g/mol. The van der Waals surface area contributed by atoms with Crippen molar-refractivity contribution < 1.29 is 14.2 Å². The second-order valence-corrected chi connectivity index (χ2v) is 6.91. The summed E-state index contributed by atoms with van der Waals surface area (Å²) >= 11 is 6.23. The number of halogens is 1. The van der Waals surface area contributed by atoms with Crippen LogP contribution in [0.25, 0.3) is 21.8 Å². The summed E-state index contributed by atoms with van der Waals surface area (Å²) in [4.78, 5) is 12.0. The number of hydrogen-bond donors (Lipinski definition) is 2. The number of benzene rings is 2. The van der Waals surface area contributed by atoms with Gasteiger partial charge >= 0.3 is 0 Å². The number of aromatic amines is 1. The molecule has 1 aliphatic rings. The maximum absolute atomic E-state index is 6.23. The van der Waals surface area contributed by atoms with E-state index in [2.05, 4.69) is 20.3 Å². The maximum atomic E-state index is 6.23. The van der Waals surface area contributed by atoms with Gasteiger partial charge in [0.15, 0.2) is 11.5 Å². The number of nitrogens with zero attached hydrogens (tertiary/aromatic N) is 2. The Kier molecular flexibility index (Phi) is 4.18. The van der Waals surface area contributed by atoms with Crippen LogP contribution in [0.1, 0.15) is 0 Å².